The number of para-hydroxylation sites is 1. The van der Waals surface area contributed by atoms with Crippen molar-refractivity contribution in [2.75, 3.05) is 0 Å². The molecule has 204 valence electrons. The summed E-state index contributed by atoms with van der Waals surface area (Å²) < 4.78 is 8.84. The minimum absolute atomic E-state index is 0.653. The smallest absolute Gasteiger partial charge is 0.153 e. The largest absolute Gasteiger partial charge is 0.453 e. The second kappa shape index (κ2) is 9.42. The molecule has 9 rings (SSSR count). The third kappa shape index (κ3) is 3.54. The molecule has 1 aromatic heterocycles. The maximum Gasteiger partial charge on any atom is 0.153 e. The number of hydrogen-bond donors (Lipinski definition) is 0. The molecule has 8 aromatic rings. The van der Waals surface area contributed by atoms with E-state index in [1.807, 2.05) is 60.7 Å². The fourth-order valence-corrected chi connectivity index (χ4v) is 6.71. The van der Waals surface area contributed by atoms with Gasteiger partial charge >= 0.3 is 0 Å². The van der Waals surface area contributed by atoms with Gasteiger partial charge in [0.05, 0.1) is 22.8 Å². The molecule has 7 aromatic carbocycles. The van der Waals surface area contributed by atoms with Crippen LogP contribution >= 0.6 is 0 Å². The van der Waals surface area contributed by atoms with Gasteiger partial charge in [-0.05, 0) is 80.2 Å². The van der Waals surface area contributed by atoms with Crippen molar-refractivity contribution in [2.45, 2.75) is 0 Å². The van der Waals surface area contributed by atoms with E-state index in [0.717, 1.165) is 77.8 Å². The Morgan fingerprint density at radius 2 is 1.16 bits per heavy atom. The Kier molecular flexibility index (Phi) is 5.23. The third-order valence-electron chi connectivity index (χ3n) is 8.61. The van der Waals surface area contributed by atoms with Gasteiger partial charge in [-0.3, -0.25) is 4.57 Å². The number of nitriles is 1. The Hall–Kier alpha value is -6.18. The number of ether oxygens (including phenoxy) is 1. The molecule has 1 aliphatic rings. The SMILES string of the molecule is N#Cc1ccc(-c2c3ccccc3c(-c3ccc4c(c3)Oc3cccc5nc(-c6ccccc6)n-4c35)c3ccccc23)cc1. The van der Waals surface area contributed by atoms with E-state index in [1.165, 1.54) is 5.56 Å². The standard InChI is InChI=1S/C40H23N3O/c41-24-25-17-19-26(20-18-25)37-29-11-4-6-13-31(29)38(32-14-7-5-12-30(32)37)28-21-22-34-36(23-28)44-35-16-8-15-33-39(35)43(34)40(42-33)27-9-2-1-3-10-27/h1-23H. The van der Waals surface area contributed by atoms with E-state index >= 15 is 0 Å². The van der Waals surface area contributed by atoms with Gasteiger partial charge in [-0.2, -0.15) is 5.26 Å². The van der Waals surface area contributed by atoms with Crippen molar-refractivity contribution in [1.29, 1.82) is 5.26 Å². The van der Waals surface area contributed by atoms with Crippen molar-refractivity contribution in [1.82, 2.24) is 9.55 Å². The van der Waals surface area contributed by atoms with E-state index in [-0.39, 0.29) is 0 Å². The lowest BCUT2D eigenvalue weighted by Crippen LogP contribution is -2.06. The zero-order valence-electron chi connectivity index (χ0n) is 23.5. The van der Waals surface area contributed by atoms with Crippen LogP contribution in [0.5, 0.6) is 11.5 Å². The first-order valence-electron chi connectivity index (χ1n) is 14.6. The summed E-state index contributed by atoms with van der Waals surface area (Å²) in [6.45, 7) is 0. The fraction of sp³-hybridized carbons (Fsp3) is 0. The van der Waals surface area contributed by atoms with Gasteiger partial charge in [-0.1, -0.05) is 103 Å². The van der Waals surface area contributed by atoms with Crippen LogP contribution in [0.1, 0.15) is 5.56 Å². The maximum atomic E-state index is 9.38. The van der Waals surface area contributed by atoms with Gasteiger partial charge in [0, 0.05) is 5.56 Å². The number of hydrogen-bond acceptors (Lipinski definition) is 3. The summed E-state index contributed by atoms with van der Waals surface area (Å²) in [7, 11) is 0. The number of benzene rings is 7. The Balaban J connectivity index is 1.30. The first-order chi connectivity index (χ1) is 21.8. The van der Waals surface area contributed by atoms with Crippen molar-refractivity contribution < 1.29 is 4.74 Å². The fourth-order valence-electron chi connectivity index (χ4n) is 6.71. The molecule has 0 N–H and O–H groups in total. The monoisotopic (exact) mass is 561 g/mol. The van der Waals surface area contributed by atoms with Crippen LogP contribution in [-0.2, 0) is 0 Å². The summed E-state index contributed by atoms with van der Waals surface area (Å²) in [6.07, 6.45) is 0. The molecule has 0 fully saturated rings. The normalized spacial score (nSPS) is 11.8. The van der Waals surface area contributed by atoms with Crippen LogP contribution in [-0.4, -0.2) is 9.55 Å². The Morgan fingerprint density at radius 1 is 0.545 bits per heavy atom. The molecule has 0 radical (unpaired) electrons. The highest BCUT2D eigenvalue weighted by molar-refractivity contribution is 6.21. The summed E-state index contributed by atoms with van der Waals surface area (Å²) in [6, 6.07) is 50.2. The van der Waals surface area contributed by atoms with Crippen LogP contribution in [0.25, 0.3) is 71.9 Å². The van der Waals surface area contributed by atoms with E-state index in [1.54, 1.807) is 0 Å². The van der Waals surface area contributed by atoms with E-state index in [2.05, 4.69) is 89.5 Å². The van der Waals surface area contributed by atoms with Gasteiger partial charge in [-0.25, -0.2) is 4.98 Å². The molecule has 4 heteroatoms. The molecule has 0 spiro atoms. The first kappa shape index (κ1) is 24.4. The van der Waals surface area contributed by atoms with E-state index in [9.17, 15) is 5.26 Å². The van der Waals surface area contributed by atoms with Gasteiger partial charge in [0.15, 0.2) is 11.5 Å². The van der Waals surface area contributed by atoms with Gasteiger partial charge in [-0.15, -0.1) is 0 Å². The lowest BCUT2D eigenvalue weighted by atomic mass is 9.86. The number of nitrogens with zero attached hydrogens (tertiary/aromatic N) is 3. The van der Waals surface area contributed by atoms with E-state index < -0.39 is 0 Å². The highest BCUT2D eigenvalue weighted by Gasteiger charge is 2.26. The van der Waals surface area contributed by atoms with Crippen molar-refractivity contribution >= 4 is 32.6 Å². The lowest BCUT2D eigenvalue weighted by molar-refractivity contribution is 0.476. The minimum Gasteiger partial charge on any atom is -0.453 e. The van der Waals surface area contributed by atoms with Crippen molar-refractivity contribution in [2.24, 2.45) is 0 Å². The van der Waals surface area contributed by atoms with Crippen molar-refractivity contribution in [3.63, 3.8) is 0 Å². The molecule has 0 saturated heterocycles. The Labute approximate surface area is 253 Å². The zero-order chi connectivity index (χ0) is 29.2. The maximum absolute atomic E-state index is 9.38. The summed E-state index contributed by atoms with van der Waals surface area (Å²) >= 11 is 0. The molecule has 44 heavy (non-hydrogen) atoms. The second-order valence-electron chi connectivity index (χ2n) is 11.1. The molecular formula is C40H23N3O. The van der Waals surface area contributed by atoms with Crippen LogP contribution in [0, 0.1) is 11.3 Å². The van der Waals surface area contributed by atoms with E-state index in [0.29, 0.717) is 5.56 Å². The topological polar surface area (TPSA) is 50.8 Å². The lowest BCUT2D eigenvalue weighted by Gasteiger charge is -2.23. The van der Waals surface area contributed by atoms with Gasteiger partial charge in [0.1, 0.15) is 11.3 Å². The van der Waals surface area contributed by atoms with Crippen LogP contribution in [0.3, 0.4) is 0 Å². The molecule has 1 aliphatic heterocycles. The highest BCUT2D eigenvalue weighted by atomic mass is 16.5. The number of imidazole rings is 1. The third-order valence-corrected chi connectivity index (χ3v) is 8.61. The molecular weight excluding hydrogens is 538 g/mol. The molecule has 0 amide bonds. The molecule has 0 bridgehead atoms. The van der Waals surface area contributed by atoms with Gasteiger partial charge in [0.2, 0.25) is 0 Å². The first-order valence-corrected chi connectivity index (χ1v) is 14.6. The van der Waals surface area contributed by atoms with Crippen LogP contribution in [0.2, 0.25) is 0 Å². The van der Waals surface area contributed by atoms with Crippen molar-refractivity contribution in [3.05, 3.63) is 145 Å². The number of aromatic nitrogens is 2. The quantitative estimate of drug-likeness (QED) is 0.202. The predicted octanol–water partition coefficient (Wildman–Crippen LogP) is 10.3. The molecule has 2 heterocycles. The predicted molar refractivity (Wildman–Crippen MR) is 177 cm³/mol. The number of rotatable bonds is 3. The van der Waals surface area contributed by atoms with Gasteiger partial charge in [0.25, 0.3) is 0 Å². The van der Waals surface area contributed by atoms with Crippen molar-refractivity contribution in [3.8, 4) is 56.9 Å². The van der Waals surface area contributed by atoms with Crippen LogP contribution in [0.4, 0.5) is 0 Å². The minimum atomic E-state index is 0.653. The molecule has 0 aliphatic carbocycles. The molecule has 4 nitrogen and oxygen atoms in total. The summed E-state index contributed by atoms with van der Waals surface area (Å²) in [5.74, 6) is 2.49. The second-order valence-corrected chi connectivity index (χ2v) is 11.1. The summed E-state index contributed by atoms with van der Waals surface area (Å²) in [4.78, 5) is 5.03. The Morgan fingerprint density at radius 3 is 1.82 bits per heavy atom. The summed E-state index contributed by atoms with van der Waals surface area (Å²) in [5, 5.41) is 14.0. The summed E-state index contributed by atoms with van der Waals surface area (Å²) in [5.41, 5.74) is 9.07. The average molecular weight is 562 g/mol. The van der Waals surface area contributed by atoms with Gasteiger partial charge < -0.3 is 4.74 Å². The highest BCUT2D eigenvalue weighted by Crippen LogP contribution is 2.48. The van der Waals surface area contributed by atoms with Crippen LogP contribution < -0.4 is 4.74 Å². The molecule has 0 atom stereocenters. The molecule has 0 saturated carbocycles. The molecule has 0 unspecified atom stereocenters. The van der Waals surface area contributed by atoms with Crippen LogP contribution in [0.15, 0.2) is 140 Å². The number of fused-ring (bicyclic) bond motifs is 4. The van der Waals surface area contributed by atoms with E-state index in [4.69, 9.17) is 9.72 Å². The average Bonchev–Trinajstić information content (AvgIpc) is 3.48. The zero-order valence-corrected chi connectivity index (χ0v) is 23.5. The Bertz CT molecular complexity index is 2410.